The summed E-state index contributed by atoms with van der Waals surface area (Å²) in [4.78, 5) is 13.6. The number of likely N-dealkylation sites (tertiary alicyclic amines) is 1. The number of fused-ring (bicyclic) bond motifs is 1. The molecule has 1 aliphatic heterocycles. The first kappa shape index (κ1) is 14.4. The van der Waals surface area contributed by atoms with E-state index in [0.29, 0.717) is 12.0 Å². The Balaban J connectivity index is 0.00000133. The molecule has 1 heterocycles. The van der Waals surface area contributed by atoms with Crippen LogP contribution in [0.1, 0.15) is 31.2 Å². The van der Waals surface area contributed by atoms with Crippen LogP contribution in [-0.4, -0.2) is 28.1 Å². The predicted octanol–water partition coefficient (Wildman–Crippen LogP) is 2.94. The molecule has 0 radical (unpaired) electrons. The van der Waals surface area contributed by atoms with Gasteiger partial charge in [-0.25, -0.2) is 0 Å². The van der Waals surface area contributed by atoms with Crippen LogP contribution in [0.2, 0.25) is 0 Å². The number of carboxylic acids is 1. The normalized spacial score (nSPS) is 29.8. The Hall–Kier alpha value is -1.06. The maximum absolute atomic E-state index is 11.4. The maximum atomic E-state index is 11.4. The first-order valence-electron chi connectivity index (χ1n) is 6.78. The van der Waals surface area contributed by atoms with Crippen LogP contribution in [0.3, 0.4) is 0 Å². The second-order valence-electron chi connectivity index (χ2n) is 5.51. The zero-order chi connectivity index (χ0) is 12.5. The lowest BCUT2D eigenvalue weighted by Gasteiger charge is -2.27. The average molecular weight is 282 g/mol. The maximum Gasteiger partial charge on any atom is 0.320 e. The van der Waals surface area contributed by atoms with Crippen LogP contribution in [0, 0.1) is 5.92 Å². The van der Waals surface area contributed by atoms with Crippen molar-refractivity contribution >= 4 is 18.4 Å². The molecule has 1 saturated carbocycles. The highest BCUT2D eigenvalue weighted by Gasteiger charge is 2.46. The van der Waals surface area contributed by atoms with E-state index in [9.17, 15) is 9.90 Å². The molecule has 3 rings (SSSR count). The van der Waals surface area contributed by atoms with Gasteiger partial charge in [0, 0.05) is 12.6 Å². The van der Waals surface area contributed by atoms with Gasteiger partial charge in [-0.2, -0.15) is 0 Å². The molecule has 0 spiro atoms. The van der Waals surface area contributed by atoms with Crippen molar-refractivity contribution in [3.05, 3.63) is 35.9 Å². The Bertz CT molecular complexity index is 437. The monoisotopic (exact) mass is 281 g/mol. The number of hydrogen-bond donors (Lipinski definition) is 1. The molecule has 0 unspecified atom stereocenters. The number of aliphatic carboxylic acids is 1. The molecule has 0 aromatic heterocycles. The summed E-state index contributed by atoms with van der Waals surface area (Å²) >= 11 is 0. The molecule has 1 aromatic carbocycles. The summed E-state index contributed by atoms with van der Waals surface area (Å²) < 4.78 is 0. The fraction of sp³-hybridized carbons (Fsp3) is 0.533. The Labute approximate surface area is 120 Å². The smallest absolute Gasteiger partial charge is 0.320 e. The van der Waals surface area contributed by atoms with Crippen LogP contribution >= 0.6 is 12.4 Å². The zero-order valence-corrected chi connectivity index (χ0v) is 11.7. The standard InChI is InChI=1S/C15H19NO2.ClH/c17-15(18)14-9-12-7-4-8-13(12)16(14)10-11-5-2-1-3-6-11;/h1-3,5-6,12-14H,4,7-10H2,(H,17,18);1H/t12-,13-,14-;/m0./s1. The van der Waals surface area contributed by atoms with Gasteiger partial charge in [0.2, 0.25) is 0 Å². The van der Waals surface area contributed by atoms with Gasteiger partial charge >= 0.3 is 5.97 Å². The number of halogens is 1. The van der Waals surface area contributed by atoms with Crippen molar-refractivity contribution in [1.29, 1.82) is 0 Å². The number of carbonyl (C=O) groups is 1. The van der Waals surface area contributed by atoms with E-state index in [1.165, 1.54) is 24.8 Å². The third-order valence-corrected chi connectivity index (χ3v) is 4.46. The highest BCUT2D eigenvalue weighted by molar-refractivity contribution is 5.85. The number of carboxylic acid groups (broad SMARTS) is 1. The Kier molecular flexibility index (Phi) is 4.48. The Morgan fingerprint density at radius 2 is 2.00 bits per heavy atom. The van der Waals surface area contributed by atoms with E-state index >= 15 is 0 Å². The third kappa shape index (κ3) is 2.77. The van der Waals surface area contributed by atoms with Crippen LogP contribution < -0.4 is 0 Å². The van der Waals surface area contributed by atoms with Crippen molar-refractivity contribution in [2.75, 3.05) is 0 Å². The third-order valence-electron chi connectivity index (χ3n) is 4.46. The second kappa shape index (κ2) is 5.93. The lowest BCUT2D eigenvalue weighted by molar-refractivity contribution is -0.142. The SMILES string of the molecule is Cl.O=C(O)[C@@H]1C[C@@H]2CCC[C@@H]2N1Cc1ccccc1. The number of benzene rings is 1. The van der Waals surface area contributed by atoms with Crippen molar-refractivity contribution in [1.82, 2.24) is 4.90 Å². The highest BCUT2D eigenvalue weighted by Crippen LogP contribution is 2.41. The van der Waals surface area contributed by atoms with E-state index in [1.54, 1.807) is 0 Å². The number of rotatable bonds is 3. The van der Waals surface area contributed by atoms with E-state index in [0.717, 1.165) is 13.0 Å². The fourth-order valence-electron chi connectivity index (χ4n) is 3.65. The van der Waals surface area contributed by atoms with Gasteiger partial charge in [0.05, 0.1) is 0 Å². The van der Waals surface area contributed by atoms with Gasteiger partial charge in [-0.05, 0) is 30.7 Å². The van der Waals surface area contributed by atoms with Gasteiger partial charge in [0.15, 0.2) is 0 Å². The van der Waals surface area contributed by atoms with Crippen LogP contribution in [-0.2, 0) is 11.3 Å². The summed E-state index contributed by atoms with van der Waals surface area (Å²) in [6, 6.07) is 10.4. The van der Waals surface area contributed by atoms with E-state index in [2.05, 4.69) is 17.0 Å². The molecule has 1 aromatic rings. The van der Waals surface area contributed by atoms with Gasteiger partial charge in [-0.15, -0.1) is 12.4 Å². The lowest BCUT2D eigenvalue weighted by atomic mass is 10.0. The van der Waals surface area contributed by atoms with Crippen LogP contribution in [0.4, 0.5) is 0 Å². The van der Waals surface area contributed by atoms with Gasteiger partial charge in [0.25, 0.3) is 0 Å². The van der Waals surface area contributed by atoms with Crippen LogP contribution in [0.5, 0.6) is 0 Å². The van der Waals surface area contributed by atoms with Gasteiger partial charge in [-0.1, -0.05) is 36.8 Å². The molecule has 2 aliphatic rings. The molecular formula is C15H20ClNO2. The quantitative estimate of drug-likeness (QED) is 0.926. The summed E-state index contributed by atoms with van der Waals surface area (Å²) in [6.07, 6.45) is 4.47. The van der Waals surface area contributed by atoms with Gasteiger partial charge in [-0.3, -0.25) is 9.69 Å². The largest absolute Gasteiger partial charge is 0.480 e. The molecule has 3 nitrogen and oxygen atoms in total. The fourth-order valence-corrected chi connectivity index (χ4v) is 3.65. The predicted molar refractivity (Wildman–Crippen MR) is 76.4 cm³/mol. The second-order valence-corrected chi connectivity index (χ2v) is 5.51. The molecule has 0 bridgehead atoms. The van der Waals surface area contributed by atoms with Crippen LogP contribution in [0.15, 0.2) is 30.3 Å². The van der Waals surface area contributed by atoms with Crippen molar-refractivity contribution in [2.24, 2.45) is 5.92 Å². The van der Waals surface area contributed by atoms with E-state index in [1.807, 2.05) is 18.2 Å². The lowest BCUT2D eigenvalue weighted by Crippen LogP contribution is -2.40. The average Bonchev–Trinajstić information content (AvgIpc) is 2.93. The molecule has 2 fully saturated rings. The summed E-state index contributed by atoms with van der Waals surface area (Å²) in [5.74, 6) is -0.0462. The molecule has 19 heavy (non-hydrogen) atoms. The van der Waals surface area contributed by atoms with Gasteiger partial charge < -0.3 is 5.11 Å². The minimum Gasteiger partial charge on any atom is -0.480 e. The van der Waals surface area contributed by atoms with E-state index in [4.69, 9.17) is 0 Å². The minimum absolute atomic E-state index is 0. The molecule has 104 valence electrons. The molecular weight excluding hydrogens is 262 g/mol. The number of hydrogen-bond acceptors (Lipinski definition) is 2. The van der Waals surface area contributed by atoms with E-state index < -0.39 is 5.97 Å². The first-order chi connectivity index (χ1) is 8.75. The van der Waals surface area contributed by atoms with Crippen molar-refractivity contribution < 1.29 is 9.90 Å². The summed E-state index contributed by atoms with van der Waals surface area (Å²) in [7, 11) is 0. The summed E-state index contributed by atoms with van der Waals surface area (Å²) in [5, 5.41) is 9.38. The van der Waals surface area contributed by atoms with Gasteiger partial charge in [0.1, 0.15) is 6.04 Å². The Morgan fingerprint density at radius 1 is 1.26 bits per heavy atom. The summed E-state index contributed by atoms with van der Waals surface area (Å²) in [6.45, 7) is 0.777. The Morgan fingerprint density at radius 3 is 2.68 bits per heavy atom. The minimum atomic E-state index is -0.652. The molecule has 0 amide bonds. The highest BCUT2D eigenvalue weighted by atomic mass is 35.5. The van der Waals surface area contributed by atoms with Crippen molar-refractivity contribution in [3.63, 3.8) is 0 Å². The number of nitrogens with zero attached hydrogens (tertiary/aromatic N) is 1. The summed E-state index contributed by atoms with van der Waals surface area (Å²) in [5.41, 5.74) is 1.22. The van der Waals surface area contributed by atoms with Crippen LogP contribution in [0.25, 0.3) is 0 Å². The molecule has 1 saturated heterocycles. The molecule has 1 N–H and O–H groups in total. The van der Waals surface area contributed by atoms with Crippen molar-refractivity contribution in [2.45, 2.75) is 44.3 Å². The van der Waals surface area contributed by atoms with E-state index in [-0.39, 0.29) is 18.4 Å². The first-order valence-corrected chi connectivity index (χ1v) is 6.78. The van der Waals surface area contributed by atoms with Crippen molar-refractivity contribution in [3.8, 4) is 0 Å². The molecule has 1 aliphatic carbocycles. The zero-order valence-electron chi connectivity index (χ0n) is 10.9. The molecule has 3 atom stereocenters. The molecule has 4 heteroatoms. The topological polar surface area (TPSA) is 40.5 Å².